The molecule has 2 N–H and O–H groups in total. The molecule has 3 aromatic rings. The van der Waals surface area contributed by atoms with E-state index in [1.165, 1.54) is 0 Å². The van der Waals surface area contributed by atoms with Crippen molar-refractivity contribution < 1.29 is 0 Å². The number of aliphatic imine (C=N–C) groups is 1. The van der Waals surface area contributed by atoms with Crippen LogP contribution in [-0.2, 0) is 20.1 Å². The first-order valence-electron chi connectivity index (χ1n) is 8.69. The van der Waals surface area contributed by atoms with E-state index in [9.17, 15) is 0 Å². The van der Waals surface area contributed by atoms with Crippen molar-refractivity contribution in [2.45, 2.75) is 20.0 Å². The largest absolute Gasteiger partial charge is 0.357 e. The molecule has 0 saturated carbocycles. The zero-order chi connectivity index (χ0) is 19.2. The lowest BCUT2D eigenvalue weighted by Crippen LogP contribution is -2.37. The Balaban J connectivity index is 1.65. The van der Waals surface area contributed by atoms with Gasteiger partial charge in [-0.05, 0) is 25.1 Å². The van der Waals surface area contributed by atoms with Crippen molar-refractivity contribution in [3.8, 4) is 5.69 Å². The summed E-state index contributed by atoms with van der Waals surface area (Å²) in [5.41, 5.74) is 3.03. The van der Waals surface area contributed by atoms with Crippen molar-refractivity contribution in [2.75, 3.05) is 6.54 Å². The molecule has 2 heterocycles. The molecule has 0 saturated heterocycles. The van der Waals surface area contributed by atoms with E-state index < -0.39 is 0 Å². The number of rotatable bonds is 6. The minimum absolute atomic E-state index is 0.525. The number of halogens is 2. The molecule has 142 valence electrons. The van der Waals surface area contributed by atoms with Crippen LogP contribution in [0.1, 0.15) is 18.2 Å². The van der Waals surface area contributed by atoms with Gasteiger partial charge in [0.05, 0.1) is 30.0 Å². The quantitative estimate of drug-likeness (QED) is 0.485. The summed E-state index contributed by atoms with van der Waals surface area (Å²) < 4.78 is 3.70. The van der Waals surface area contributed by atoms with Crippen LogP contribution >= 0.6 is 23.2 Å². The second kappa shape index (κ2) is 8.97. The average Bonchev–Trinajstić information content (AvgIpc) is 3.25. The summed E-state index contributed by atoms with van der Waals surface area (Å²) in [5, 5.41) is 12.0. The molecule has 0 atom stereocenters. The molecular formula is C19H22Cl2N6. The van der Waals surface area contributed by atoms with Gasteiger partial charge in [0.25, 0.3) is 0 Å². The number of benzene rings is 1. The Kier molecular flexibility index (Phi) is 6.42. The number of para-hydroxylation sites is 1. The van der Waals surface area contributed by atoms with E-state index in [-0.39, 0.29) is 0 Å². The van der Waals surface area contributed by atoms with Crippen LogP contribution in [0.2, 0.25) is 10.2 Å². The summed E-state index contributed by atoms with van der Waals surface area (Å²) in [7, 11) is 1.88. The number of hydrogen-bond acceptors (Lipinski definition) is 2. The Bertz CT molecular complexity index is 914. The highest BCUT2D eigenvalue weighted by Crippen LogP contribution is 2.24. The molecule has 0 aliphatic carbocycles. The van der Waals surface area contributed by atoms with Gasteiger partial charge in [-0.15, -0.1) is 0 Å². The molecule has 0 unspecified atom stereocenters. The first-order valence-corrected chi connectivity index (χ1v) is 9.44. The van der Waals surface area contributed by atoms with Gasteiger partial charge in [0.2, 0.25) is 0 Å². The maximum atomic E-state index is 6.12. The fraction of sp³-hybridized carbons (Fsp3) is 0.263. The van der Waals surface area contributed by atoms with Crippen LogP contribution in [0.25, 0.3) is 5.69 Å². The van der Waals surface area contributed by atoms with Gasteiger partial charge in [0.1, 0.15) is 5.15 Å². The average molecular weight is 405 g/mol. The molecule has 1 aromatic carbocycles. The second-order valence-electron chi connectivity index (χ2n) is 6.01. The van der Waals surface area contributed by atoms with Crippen molar-refractivity contribution in [1.29, 1.82) is 0 Å². The SMILES string of the molecule is CCNC(=NCc1cnn(-c2ccccc2)c1)NCc1cc(Cl)c(Cl)n1C. The van der Waals surface area contributed by atoms with Crippen LogP contribution in [0, 0.1) is 0 Å². The van der Waals surface area contributed by atoms with Gasteiger partial charge >= 0.3 is 0 Å². The highest BCUT2D eigenvalue weighted by atomic mass is 35.5. The predicted molar refractivity (Wildman–Crippen MR) is 111 cm³/mol. The van der Waals surface area contributed by atoms with Gasteiger partial charge in [-0.1, -0.05) is 41.4 Å². The first kappa shape index (κ1) is 19.3. The van der Waals surface area contributed by atoms with Gasteiger partial charge in [-0.2, -0.15) is 5.10 Å². The van der Waals surface area contributed by atoms with E-state index in [1.807, 2.05) is 72.0 Å². The fourth-order valence-corrected chi connectivity index (χ4v) is 3.02. The lowest BCUT2D eigenvalue weighted by Gasteiger charge is -2.11. The summed E-state index contributed by atoms with van der Waals surface area (Å²) in [6, 6.07) is 11.8. The molecule has 0 amide bonds. The second-order valence-corrected chi connectivity index (χ2v) is 6.78. The molecule has 0 aliphatic heterocycles. The van der Waals surface area contributed by atoms with E-state index in [1.54, 1.807) is 0 Å². The predicted octanol–water partition coefficient (Wildman–Crippen LogP) is 3.77. The Hall–Kier alpha value is -2.44. The van der Waals surface area contributed by atoms with Crippen molar-refractivity contribution >= 4 is 29.2 Å². The first-order chi connectivity index (χ1) is 13.1. The number of nitrogens with one attached hydrogen (secondary N) is 2. The van der Waals surface area contributed by atoms with E-state index >= 15 is 0 Å². The topological polar surface area (TPSA) is 59.2 Å². The summed E-state index contributed by atoms with van der Waals surface area (Å²) in [6.45, 7) is 3.89. The monoisotopic (exact) mass is 404 g/mol. The van der Waals surface area contributed by atoms with Crippen LogP contribution in [0.3, 0.4) is 0 Å². The standard InChI is InChI=1S/C19H22Cl2N6/c1-3-22-19(24-12-16-9-17(20)18(21)26(16)2)23-10-14-11-25-27(13-14)15-7-5-4-6-8-15/h4-9,11,13H,3,10,12H2,1-2H3,(H2,22,23,24). The summed E-state index contributed by atoms with van der Waals surface area (Å²) >= 11 is 12.2. The van der Waals surface area contributed by atoms with E-state index in [0.29, 0.717) is 23.3 Å². The minimum Gasteiger partial charge on any atom is -0.357 e. The maximum Gasteiger partial charge on any atom is 0.191 e. The normalized spacial score (nSPS) is 11.6. The fourth-order valence-electron chi connectivity index (χ4n) is 2.61. The summed E-state index contributed by atoms with van der Waals surface area (Å²) in [6.07, 6.45) is 3.82. The zero-order valence-corrected chi connectivity index (χ0v) is 16.8. The molecule has 6 nitrogen and oxygen atoms in total. The molecule has 0 bridgehead atoms. The maximum absolute atomic E-state index is 6.12. The third-order valence-electron chi connectivity index (χ3n) is 4.07. The number of hydrogen-bond donors (Lipinski definition) is 2. The van der Waals surface area contributed by atoms with Crippen molar-refractivity contribution in [3.05, 3.63) is 70.2 Å². The summed E-state index contributed by atoms with van der Waals surface area (Å²) in [5.74, 6) is 0.721. The number of aromatic nitrogens is 3. The Morgan fingerprint density at radius 1 is 1.19 bits per heavy atom. The highest BCUT2D eigenvalue weighted by Gasteiger charge is 2.09. The third kappa shape index (κ3) is 4.84. The van der Waals surface area contributed by atoms with E-state index in [0.717, 1.165) is 29.4 Å². The Morgan fingerprint density at radius 3 is 2.63 bits per heavy atom. The minimum atomic E-state index is 0.525. The van der Waals surface area contributed by atoms with Crippen LogP contribution in [0.4, 0.5) is 0 Å². The molecule has 3 rings (SSSR count). The van der Waals surface area contributed by atoms with Gasteiger partial charge < -0.3 is 15.2 Å². The smallest absolute Gasteiger partial charge is 0.191 e. The van der Waals surface area contributed by atoms with Crippen molar-refractivity contribution in [1.82, 2.24) is 25.0 Å². The van der Waals surface area contributed by atoms with Crippen molar-refractivity contribution in [3.63, 3.8) is 0 Å². The lowest BCUT2D eigenvalue weighted by molar-refractivity contribution is 0.752. The Morgan fingerprint density at radius 2 is 1.96 bits per heavy atom. The molecule has 0 aliphatic rings. The summed E-state index contributed by atoms with van der Waals surface area (Å²) in [4.78, 5) is 4.63. The van der Waals surface area contributed by atoms with Gasteiger partial charge in [-0.3, -0.25) is 0 Å². The van der Waals surface area contributed by atoms with Crippen LogP contribution in [-0.4, -0.2) is 26.9 Å². The molecular weight excluding hydrogens is 383 g/mol. The van der Waals surface area contributed by atoms with E-state index in [4.69, 9.17) is 23.2 Å². The zero-order valence-electron chi connectivity index (χ0n) is 15.3. The molecule has 0 fully saturated rings. The van der Waals surface area contributed by atoms with E-state index in [2.05, 4.69) is 20.7 Å². The molecule has 2 aromatic heterocycles. The molecule has 0 radical (unpaired) electrons. The van der Waals surface area contributed by atoms with Crippen LogP contribution < -0.4 is 10.6 Å². The van der Waals surface area contributed by atoms with Gasteiger partial charge in [0.15, 0.2) is 5.96 Å². The van der Waals surface area contributed by atoms with Gasteiger partial charge in [-0.25, -0.2) is 9.67 Å². The highest BCUT2D eigenvalue weighted by molar-refractivity contribution is 6.41. The van der Waals surface area contributed by atoms with Gasteiger partial charge in [0, 0.05) is 31.0 Å². The van der Waals surface area contributed by atoms with Crippen LogP contribution in [0.5, 0.6) is 0 Å². The number of nitrogens with zero attached hydrogens (tertiary/aromatic N) is 4. The third-order valence-corrected chi connectivity index (χ3v) is 4.92. The molecule has 27 heavy (non-hydrogen) atoms. The van der Waals surface area contributed by atoms with Crippen LogP contribution in [0.15, 0.2) is 53.8 Å². The molecule has 8 heteroatoms. The Labute approximate surface area is 168 Å². The van der Waals surface area contributed by atoms with Crippen molar-refractivity contribution in [2.24, 2.45) is 12.0 Å². The molecule has 0 spiro atoms. The number of guanidine groups is 1. The lowest BCUT2D eigenvalue weighted by atomic mass is 10.3.